The lowest BCUT2D eigenvalue weighted by Crippen LogP contribution is -2.33. The van der Waals surface area contributed by atoms with Crippen LogP contribution >= 0.6 is 19.3 Å². The molecule has 3 atom stereocenters. The van der Waals surface area contributed by atoms with Gasteiger partial charge in [-0.05, 0) is 20.3 Å². The van der Waals surface area contributed by atoms with E-state index in [9.17, 15) is 9.36 Å². The first kappa shape index (κ1) is 25.7. The molecular formula is C19H33N6O4PS. The summed E-state index contributed by atoms with van der Waals surface area (Å²) >= 11 is 1.21. The molecule has 0 saturated carbocycles. The SMILES string of the molecule is CCCCO[P@](=O)(CO[C@H](C)Cn1cnc2c(N)ncnc21)N[C@@H](C)C(=O)SC(C)C. The number of carbonyl (C=O) groups excluding carboxylic acids is 1. The Hall–Kier alpha value is -1.52. The Morgan fingerprint density at radius 2 is 2.03 bits per heavy atom. The zero-order chi connectivity index (χ0) is 23.0. The molecule has 2 aromatic rings. The van der Waals surface area contributed by atoms with E-state index in [-0.39, 0.29) is 22.8 Å². The summed E-state index contributed by atoms with van der Waals surface area (Å²) in [5.74, 6) is 0.313. The largest absolute Gasteiger partial charge is 0.382 e. The molecule has 0 radical (unpaired) electrons. The quantitative estimate of drug-likeness (QED) is 0.330. The summed E-state index contributed by atoms with van der Waals surface area (Å²) in [6, 6.07) is -0.615. The highest BCUT2D eigenvalue weighted by Crippen LogP contribution is 2.44. The summed E-state index contributed by atoms with van der Waals surface area (Å²) in [7, 11) is -3.38. The maximum absolute atomic E-state index is 13.4. The molecule has 0 bridgehead atoms. The third-order valence-electron chi connectivity index (χ3n) is 4.31. The number of unbranched alkanes of at least 4 members (excludes halogenated alkanes) is 1. The monoisotopic (exact) mass is 472 g/mol. The first-order chi connectivity index (χ1) is 14.6. The van der Waals surface area contributed by atoms with E-state index >= 15 is 0 Å². The average molecular weight is 473 g/mol. The predicted molar refractivity (Wildman–Crippen MR) is 124 cm³/mol. The second-order valence-electron chi connectivity index (χ2n) is 7.63. The number of anilines is 1. The fourth-order valence-corrected chi connectivity index (χ4v) is 5.36. The number of rotatable bonds is 13. The Morgan fingerprint density at radius 3 is 2.71 bits per heavy atom. The minimum Gasteiger partial charge on any atom is -0.382 e. The molecule has 0 spiro atoms. The Balaban J connectivity index is 2.01. The van der Waals surface area contributed by atoms with Gasteiger partial charge in [0.05, 0.1) is 31.6 Å². The molecule has 2 aromatic heterocycles. The van der Waals surface area contributed by atoms with Crippen LogP contribution in [0.1, 0.15) is 47.5 Å². The Bertz CT molecular complexity index is 909. The fraction of sp³-hybridized carbons (Fsp3) is 0.684. The van der Waals surface area contributed by atoms with Gasteiger partial charge in [-0.1, -0.05) is 39.0 Å². The standard InChI is InChI=1S/C19H33N6O4PS/c1-6-7-8-29-30(27,24-15(5)19(26)31-13(2)3)12-28-14(4)9-25-11-23-16-17(20)21-10-22-18(16)25/h10-11,13-15H,6-9,12H2,1-5H3,(H,24,27)(H2,20,21,22)/t14-,15+,30-/m1/s1. The first-order valence-electron chi connectivity index (χ1n) is 10.4. The Kier molecular flexibility index (Phi) is 9.90. The number of ether oxygens (including phenoxy) is 1. The van der Waals surface area contributed by atoms with Gasteiger partial charge in [-0.25, -0.2) is 20.0 Å². The normalized spacial score (nSPS) is 15.8. The van der Waals surface area contributed by atoms with Crippen LogP contribution in [0.4, 0.5) is 5.82 Å². The highest BCUT2D eigenvalue weighted by atomic mass is 32.2. The molecular weight excluding hydrogens is 439 g/mol. The van der Waals surface area contributed by atoms with E-state index in [0.717, 1.165) is 12.8 Å². The van der Waals surface area contributed by atoms with Gasteiger partial charge in [0.25, 0.3) is 7.52 Å². The number of hydrogen-bond donors (Lipinski definition) is 2. The van der Waals surface area contributed by atoms with Gasteiger partial charge in [0.15, 0.2) is 11.5 Å². The molecule has 0 unspecified atom stereocenters. The number of aromatic nitrogens is 4. The van der Waals surface area contributed by atoms with E-state index in [1.807, 2.05) is 27.7 Å². The number of carbonyl (C=O) groups is 1. The van der Waals surface area contributed by atoms with Crippen LogP contribution in [0.15, 0.2) is 12.7 Å². The summed E-state index contributed by atoms with van der Waals surface area (Å²) in [4.78, 5) is 24.7. The molecule has 174 valence electrons. The number of fused-ring (bicyclic) bond motifs is 1. The summed E-state index contributed by atoms with van der Waals surface area (Å²) in [6.45, 7) is 10.2. The lowest BCUT2D eigenvalue weighted by molar-refractivity contribution is -0.112. The Morgan fingerprint density at radius 1 is 1.29 bits per heavy atom. The van der Waals surface area contributed by atoms with Crippen LogP contribution in [0.5, 0.6) is 0 Å². The second-order valence-corrected chi connectivity index (χ2v) is 11.3. The van der Waals surface area contributed by atoms with Gasteiger partial charge >= 0.3 is 0 Å². The lowest BCUT2D eigenvalue weighted by atomic mass is 10.4. The number of imidazole rings is 1. The molecule has 0 amide bonds. The molecule has 0 fully saturated rings. The van der Waals surface area contributed by atoms with Gasteiger partial charge in [-0.3, -0.25) is 9.36 Å². The number of thioether (sulfide) groups is 1. The van der Waals surface area contributed by atoms with Crippen molar-refractivity contribution in [2.75, 3.05) is 18.7 Å². The molecule has 12 heteroatoms. The topological polar surface area (TPSA) is 134 Å². The van der Waals surface area contributed by atoms with E-state index in [2.05, 4.69) is 20.0 Å². The van der Waals surface area contributed by atoms with Crippen LogP contribution in [0.25, 0.3) is 11.2 Å². The number of nitrogen functional groups attached to an aromatic ring is 1. The number of nitrogens with two attached hydrogens (primary N) is 1. The summed E-state index contributed by atoms with van der Waals surface area (Å²) in [5.41, 5.74) is 6.96. The zero-order valence-electron chi connectivity index (χ0n) is 18.8. The van der Waals surface area contributed by atoms with Crippen molar-refractivity contribution < 1.29 is 18.6 Å². The summed E-state index contributed by atoms with van der Waals surface area (Å²) < 4.78 is 26.7. The van der Waals surface area contributed by atoms with Crippen LogP contribution in [-0.4, -0.2) is 55.0 Å². The van der Waals surface area contributed by atoms with Crippen molar-refractivity contribution in [1.29, 1.82) is 0 Å². The first-order valence-corrected chi connectivity index (χ1v) is 13.1. The van der Waals surface area contributed by atoms with Gasteiger partial charge in [0.1, 0.15) is 18.2 Å². The van der Waals surface area contributed by atoms with Crippen LogP contribution in [-0.2, 0) is 25.2 Å². The van der Waals surface area contributed by atoms with Crippen molar-refractivity contribution in [1.82, 2.24) is 24.6 Å². The zero-order valence-corrected chi connectivity index (χ0v) is 20.5. The predicted octanol–water partition coefficient (Wildman–Crippen LogP) is 3.43. The smallest absolute Gasteiger partial charge is 0.295 e. The molecule has 3 N–H and O–H groups in total. The average Bonchev–Trinajstić information content (AvgIpc) is 3.10. The van der Waals surface area contributed by atoms with Gasteiger partial charge in [0.2, 0.25) is 5.12 Å². The fourth-order valence-electron chi connectivity index (χ4n) is 2.74. The van der Waals surface area contributed by atoms with Crippen LogP contribution in [0.3, 0.4) is 0 Å². The number of hydrogen-bond acceptors (Lipinski definition) is 9. The molecule has 0 saturated heterocycles. The van der Waals surface area contributed by atoms with Crippen molar-refractivity contribution in [3.05, 3.63) is 12.7 Å². The molecule has 0 aliphatic carbocycles. The highest BCUT2D eigenvalue weighted by molar-refractivity contribution is 8.14. The van der Waals surface area contributed by atoms with Gasteiger partial charge < -0.3 is 19.6 Å². The van der Waals surface area contributed by atoms with Gasteiger partial charge in [0, 0.05) is 5.25 Å². The molecule has 0 aliphatic rings. The van der Waals surface area contributed by atoms with Crippen molar-refractivity contribution >= 4 is 41.4 Å². The molecule has 0 aromatic carbocycles. The van der Waals surface area contributed by atoms with Crippen LogP contribution in [0, 0.1) is 0 Å². The molecule has 2 rings (SSSR count). The van der Waals surface area contributed by atoms with E-state index in [1.54, 1.807) is 17.8 Å². The van der Waals surface area contributed by atoms with Gasteiger partial charge in [-0.15, -0.1) is 0 Å². The maximum Gasteiger partial charge on any atom is 0.295 e. The number of nitrogens with one attached hydrogen (secondary N) is 1. The van der Waals surface area contributed by atoms with Gasteiger partial charge in [-0.2, -0.15) is 0 Å². The lowest BCUT2D eigenvalue weighted by Gasteiger charge is -2.25. The molecule has 0 aliphatic heterocycles. The van der Waals surface area contributed by atoms with E-state index < -0.39 is 13.6 Å². The van der Waals surface area contributed by atoms with Crippen molar-refractivity contribution in [2.24, 2.45) is 0 Å². The third-order valence-corrected chi connectivity index (χ3v) is 7.23. The minimum atomic E-state index is -3.38. The summed E-state index contributed by atoms with van der Waals surface area (Å²) in [5, 5.41) is 2.96. The number of nitrogens with zero attached hydrogens (tertiary/aromatic N) is 4. The molecule has 10 nitrogen and oxygen atoms in total. The van der Waals surface area contributed by atoms with E-state index in [1.165, 1.54) is 18.1 Å². The molecule has 2 heterocycles. The minimum absolute atomic E-state index is 0.0791. The van der Waals surface area contributed by atoms with Crippen molar-refractivity contribution in [2.45, 2.75) is 71.4 Å². The van der Waals surface area contributed by atoms with E-state index in [4.69, 9.17) is 15.0 Å². The molecule has 31 heavy (non-hydrogen) atoms. The van der Waals surface area contributed by atoms with Crippen LogP contribution in [0.2, 0.25) is 0 Å². The second kappa shape index (κ2) is 11.9. The third kappa shape index (κ3) is 7.84. The Labute approximate surface area is 187 Å². The summed E-state index contributed by atoms with van der Waals surface area (Å²) in [6.07, 6.45) is 4.23. The maximum atomic E-state index is 13.4. The van der Waals surface area contributed by atoms with Crippen molar-refractivity contribution in [3.63, 3.8) is 0 Å². The van der Waals surface area contributed by atoms with E-state index in [0.29, 0.717) is 30.1 Å². The van der Waals surface area contributed by atoms with Crippen LogP contribution < -0.4 is 10.8 Å². The van der Waals surface area contributed by atoms with Crippen molar-refractivity contribution in [3.8, 4) is 0 Å². The highest BCUT2D eigenvalue weighted by Gasteiger charge is 2.30.